The predicted molar refractivity (Wildman–Crippen MR) is 166 cm³/mol. The van der Waals surface area contributed by atoms with Crippen LogP contribution in [0.4, 0.5) is 5.95 Å². The highest BCUT2D eigenvalue weighted by Crippen LogP contribution is 2.47. The van der Waals surface area contributed by atoms with E-state index >= 15 is 0 Å². The number of nitrogens with one attached hydrogen (secondary N) is 1. The van der Waals surface area contributed by atoms with E-state index in [9.17, 15) is 28.8 Å². The summed E-state index contributed by atoms with van der Waals surface area (Å²) in [7, 11) is 0. The van der Waals surface area contributed by atoms with Gasteiger partial charge in [0.1, 0.15) is 6.61 Å². The Morgan fingerprint density at radius 1 is 0.854 bits per heavy atom. The zero-order valence-electron chi connectivity index (χ0n) is 27.5. The van der Waals surface area contributed by atoms with E-state index in [1.54, 1.807) is 24.3 Å². The maximum atomic E-state index is 13.8. The molecule has 0 bridgehead atoms. The van der Waals surface area contributed by atoms with Crippen LogP contribution in [-0.2, 0) is 52.5 Å². The summed E-state index contributed by atoms with van der Waals surface area (Å²) in [6.45, 7) is 8.72. The first-order chi connectivity index (χ1) is 22.5. The molecule has 1 N–H and O–H groups in total. The van der Waals surface area contributed by atoms with Gasteiger partial charge in [0.15, 0.2) is 29.9 Å². The highest BCUT2D eigenvalue weighted by molar-refractivity contribution is 6.30. The van der Waals surface area contributed by atoms with Gasteiger partial charge in [-0.1, -0.05) is 37.6 Å². The first-order valence-electron chi connectivity index (χ1n) is 15.0. The van der Waals surface area contributed by atoms with Crippen molar-refractivity contribution in [1.29, 1.82) is 0 Å². The van der Waals surface area contributed by atoms with Gasteiger partial charge in [-0.3, -0.25) is 33.3 Å². The van der Waals surface area contributed by atoms with Crippen LogP contribution in [0, 0.1) is 5.41 Å². The average Bonchev–Trinajstić information content (AvgIpc) is 3.37. The average molecular weight is 689 g/mol. The number of ether oxygens (including phenoxy) is 5. The Morgan fingerprint density at radius 2 is 1.44 bits per heavy atom. The molecule has 15 nitrogen and oxygen atoms in total. The molecule has 0 amide bonds. The summed E-state index contributed by atoms with van der Waals surface area (Å²) < 4.78 is 28.9. The predicted octanol–water partition coefficient (Wildman–Crippen LogP) is 3.55. The van der Waals surface area contributed by atoms with Crippen molar-refractivity contribution in [2.75, 3.05) is 11.9 Å². The Labute approximate surface area is 281 Å². The second-order valence-corrected chi connectivity index (χ2v) is 12.7. The minimum Gasteiger partial charge on any atom is -0.462 e. The minimum absolute atomic E-state index is 0.116. The highest BCUT2D eigenvalue weighted by Gasteiger charge is 2.49. The van der Waals surface area contributed by atoms with Gasteiger partial charge in [-0.2, -0.15) is 0 Å². The van der Waals surface area contributed by atoms with Crippen molar-refractivity contribution in [3.63, 3.8) is 0 Å². The maximum absolute atomic E-state index is 13.8. The molecule has 1 aliphatic carbocycles. The summed E-state index contributed by atoms with van der Waals surface area (Å²) in [4.78, 5) is 75.4. The smallest absolute Gasteiger partial charge is 0.303 e. The number of aromatic nitrogens is 3. The van der Waals surface area contributed by atoms with Crippen molar-refractivity contribution >= 4 is 53.2 Å². The number of rotatable bonds is 11. The molecule has 0 spiro atoms. The SMILES string of the molecule is CC(=O)OC[C@@H](OC(C)=O)[C@H](OC(C)=O)[C@H](OC(C)=O)[C@@H](OC(C)=O)c1nnc2n1C(c1ccc(Cl)cc1)C1=C(CC(C)(C)CC1=O)N2. The summed E-state index contributed by atoms with van der Waals surface area (Å²) in [5, 5.41) is 12.3. The van der Waals surface area contributed by atoms with Crippen molar-refractivity contribution in [2.45, 2.75) is 91.8 Å². The van der Waals surface area contributed by atoms with Crippen molar-refractivity contribution in [3.8, 4) is 0 Å². The number of nitrogens with zero attached hydrogens (tertiary/aromatic N) is 3. The molecule has 0 saturated heterocycles. The normalized spacial score (nSPS) is 18.9. The van der Waals surface area contributed by atoms with Crippen LogP contribution in [-0.4, -0.2) is 75.3 Å². The monoisotopic (exact) mass is 688 g/mol. The molecule has 1 aromatic carbocycles. The van der Waals surface area contributed by atoms with Crippen LogP contribution in [0.5, 0.6) is 0 Å². The molecule has 0 fully saturated rings. The Morgan fingerprint density at radius 3 is 2.00 bits per heavy atom. The number of anilines is 1. The summed E-state index contributed by atoms with van der Waals surface area (Å²) >= 11 is 6.21. The molecule has 16 heteroatoms. The van der Waals surface area contributed by atoms with Gasteiger partial charge in [-0.15, -0.1) is 10.2 Å². The van der Waals surface area contributed by atoms with E-state index in [4.69, 9.17) is 35.3 Å². The quantitative estimate of drug-likeness (QED) is 0.266. The van der Waals surface area contributed by atoms with Gasteiger partial charge in [0, 0.05) is 57.3 Å². The van der Waals surface area contributed by atoms with Gasteiger partial charge in [0.05, 0.1) is 6.04 Å². The number of fused-ring (bicyclic) bond motifs is 1. The molecule has 0 saturated carbocycles. The molecule has 0 radical (unpaired) electrons. The number of hydrogen-bond donors (Lipinski definition) is 1. The second kappa shape index (κ2) is 14.5. The van der Waals surface area contributed by atoms with Gasteiger partial charge >= 0.3 is 29.8 Å². The van der Waals surface area contributed by atoms with Gasteiger partial charge < -0.3 is 29.0 Å². The highest BCUT2D eigenvalue weighted by atomic mass is 35.5. The Kier molecular flexibility index (Phi) is 10.9. The molecular weight excluding hydrogens is 652 g/mol. The van der Waals surface area contributed by atoms with E-state index in [1.165, 1.54) is 4.57 Å². The molecule has 5 atom stereocenters. The van der Waals surface area contributed by atoms with E-state index in [-0.39, 0.29) is 29.4 Å². The minimum atomic E-state index is -1.74. The summed E-state index contributed by atoms with van der Waals surface area (Å²) in [5.41, 5.74) is 1.31. The number of carbonyl (C=O) groups excluding carboxylic acids is 6. The summed E-state index contributed by atoms with van der Waals surface area (Å²) in [5.74, 6) is -4.34. The van der Waals surface area contributed by atoms with Crippen LogP contribution < -0.4 is 5.32 Å². The Hall–Kier alpha value is -4.79. The number of allylic oxidation sites excluding steroid dienone is 2. The molecule has 4 rings (SSSR count). The topological polar surface area (TPSA) is 191 Å². The number of esters is 5. The van der Waals surface area contributed by atoms with Gasteiger partial charge in [0.25, 0.3) is 0 Å². The molecule has 2 aromatic rings. The molecular formula is C32H37ClN4O11. The summed E-state index contributed by atoms with van der Waals surface area (Å²) in [6.07, 6.45) is -5.92. The fraction of sp³-hybridized carbons (Fsp3) is 0.500. The zero-order chi connectivity index (χ0) is 35.5. The molecule has 2 heterocycles. The molecule has 48 heavy (non-hydrogen) atoms. The van der Waals surface area contributed by atoms with E-state index in [0.717, 1.165) is 34.6 Å². The largest absolute Gasteiger partial charge is 0.462 e. The third-order valence-corrected chi connectivity index (χ3v) is 7.78. The lowest BCUT2D eigenvalue weighted by Gasteiger charge is -2.40. The molecule has 258 valence electrons. The number of ketones is 1. The van der Waals surface area contributed by atoms with Crippen LogP contribution in [0.3, 0.4) is 0 Å². The van der Waals surface area contributed by atoms with Crippen LogP contribution in [0.15, 0.2) is 35.5 Å². The van der Waals surface area contributed by atoms with Crippen LogP contribution in [0.25, 0.3) is 0 Å². The van der Waals surface area contributed by atoms with E-state index in [2.05, 4.69) is 15.5 Å². The molecule has 1 aromatic heterocycles. The van der Waals surface area contributed by atoms with Crippen molar-refractivity contribution in [2.24, 2.45) is 5.41 Å². The number of Topliss-reactive ketones (excluding diaryl/α,β-unsaturated/α-hetero) is 1. The summed E-state index contributed by atoms with van der Waals surface area (Å²) in [6, 6.07) is 5.90. The van der Waals surface area contributed by atoms with Crippen LogP contribution >= 0.6 is 11.6 Å². The number of carbonyl (C=O) groups is 6. The van der Waals surface area contributed by atoms with Crippen molar-refractivity contribution < 1.29 is 52.5 Å². The fourth-order valence-corrected chi connectivity index (χ4v) is 6.04. The van der Waals surface area contributed by atoms with E-state index in [1.807, 2.05) is 13.8 Å². The van der Waals surface area contributed by atoms with Crippen molar-refractivity contribution in [1.82, 2.24) is 14.8 Å². The maximum Gasteiger partial charge on any atom is 0.303 e. The lowest BCUT2D eigenvalue weighted by molar-refractivity contribution is -0.204. The Balaban J connectivity index is 1.97. The Bertz CT molecular complexity index is 1650. The first kappa shape index (κ1) is 36.1. The number of hydrogen-bond acceptors (Lipinski definition) is 14. The molecule has 2 aliphatic rings. The fourth-order valence-electron chi connectivity index (χ4n) is 5.92. The van der Waals surface area contributed by atoms with Gasteiger partial charge in [-0.05, 0) is 29.5 Å². The van der Waals surface area contributed by atoms with Gasteiger partial charge in [-0.25, -0.2) is 0 Å². The van der Waals surface area contributed by atoms with Crippen LogP contribution in [0.1, 0.15) is 84.8 Å². The first-order valence-corrected chi connectivity index (χ1v) is 15.4. The standard InChI is InChI=1S/C32H37ClN4O11/c1-15(38)44-14-24(45-16(2)39)27(46-17(3)40)28(47-18(4)41)29(48-19(5)42)30-35-36-31-34-22-12-32(6,7)13-23(43)25(22)26(37(30)31)20-8-10-21(33)11-9-20/h8-11,24,26-29H,12-14H2,1-7H3,(H,34,36)/t24-,26?,27+,28+,29-/m1/s1. The van der Waals surface area contributed by atoms with Crippen LogP contribution in [0.2, 0.25) is 5.02 Å². The van der Waals surface area contributed by atoms with E-state index < -0.39 is 66.9 Å². The number of benzene rings is 1. The molecule has 1 aliphatic heterocycles. The lowest BCUT2D eigenvalue weighted by atomic mass is 9.73. The second-order valence-electron chi connectivity index (χ2n) is 12.3. The van der Waals surface area contributed by atoms with E-state index in [0.29, 0.717) is 28.3 Å². The number of halogens is 1. The lowest BCUT2D eigenvalue weighted by Crippen LogP contribution is -2.51. The third-order valence-electron chi connectivity index (χ3n) is 7.53. The zero-order valence-corrected chi connectivity index (χ0v) is 28.3. The van der Waals surface area contributed by atoms with Gasteiger partial charge in [0.2, 0.25) is 12.1 Å². The third kappa shape index (κ3) is 8.37. The molecule has 1 unspecified atom stereocenters. The van der Waals surface area contributed by atoms with Crippen molar-refractivity contribution in [3.05, 3.63) is 51.9 Å².